The number of nitrogens with two attached hydrogens (primary N) is 1. The summed E-state index contributed by atoms with van der Waals surface area (Å²) in [5.41, 5.74) is 9.14. The smallest absolute Gasteiger partial charge is 0.128 e. The minimum atomic E-state index is 0.660. The first-order valence-corrected chi connectivity index (χ1v) is 5.65. The van der Waals surface area contributed by atoms with Gasteiger partial charge in [0.1, 0.15) is 5.75 Å². The number of rotatable bonds is 2. The summed E-state index contributed by atoms with van der Waals surface area (Å²) in [6.07, 6.45) is 1.65. The fourth-order valence-corrected chi connectivity index (χ4v) is 2.01. The van der Waals surface area contributed by atoms with Crippen molar-refractivity contribution in [1.29, 1.82) is 0 Å². The van der Waals surface area contributed by atoms with E-state index in [1.807, 2.05) is 36.4 Å². The molecular weight excluding hydrogens is 226 g/mol. The lowest BCUT2D eigenvalue weighted by molar-refractivity contribution is 0.420. The second-order valence-corrected chi connectivity index (χ2v) is 4.08. The summed E-state index contributed by atoms with van der Waals surface area (Å²) in [7, 11) is 1.67. The van der Waals surface area contributed by atoms with Gasteiger partial charge < -0.3 is 15.5 Å². The predicted octanol–water partition coefficient (Wildman–Crippen LogP) is 2.82. The number of fused-ring (bicyclic) bond motifs is 1. The van der Waals surface area contributed by atoms with Crippen LogP contribution in [0.4, 0.5) is 5.69 Å². The molecule has 0 aliphatic carbocycles. The molecule has 2 aromatic heterocycles. The SMILES string of the molecule is COc1cccc2[nH]c(-c3ccc(N)cn3)cc12. The molecule has 1 aromatic carbocycles. The fraction of sp³-hybridized carbons (Fsp3) is 0.0714. The monoisotopic (exact) mass is 239 g/mol. The standard InChI is InChI=1S/C14H13N3O/c1-18-14-4-2-3-11-10(14)7-13(17-11)12-6-5-9(15)8-16-12/h2-8,17H,15H2,1H3. The second-order valence-electron chi connectivity index (χ2n) is 4.08. The first-order chi connectivity index (χ1) is 8.78. The Balaban J connectivity index is 2.16. The molecule has 3 aromatic rings. The van der Waals surface area contributed by atoms with Crippen molar-refractivity contribution in [1.82, 2.24) is 9.97 Å². The van der Waals surface area contributed by atoms with E-state index in [0.29, 0.717) is 5.69 Å². The molecule has 4 heteroatoms. The lowest BCUT2D eigenvalue weighted by Crippen LogP contribution is -1.87. The predicted molar refractivity (Wildman–Crippen MR) is 72.5 cm³/mol. The molecule has 18 heavy (non-hydrogen) atoms. The van der Waals surface area contributed by atoms with Gasteiger partial charge in [-0.1, -0.05) is 6.07 Å². The third-order valence-electron chi connectivity index (χ3n) is 2.91. The highest BCUT2D eigenvalue weighted by Gasteiger charge is 2.07. The molecule has 3 rings (SSSR count). The number of nitrogen functional groups attached to an aromatic ring is 1. The average molecular weight is 239 g/mol. The summed E-state index contributed by atoms with van der Waals surface area (Å²) in [6, 6.07) is 11.7. The zero-order valence-electron chi connectivity index (χ0n) is 9.97. The van der Waals surface area contributed by atoms with Gasteiger partial charge in [-0.05, 0) is 30.3 Å². The van der Waals surface area contributed by atoms with Gasteiger partial charge in [-0.3, -0.25) is 4.98 Å². The van der Waals surface area contributed by atoms with Crippen molar-refractivity contribution < 1.29 is 4.74 Å². The number of methoxy groups -OCH3 is 1. The van der Waals surface area contributed by atoms with Crippen LogP contribution in [-0.4, -0.2) is 17.1 Å². The molecule has 0 unspecified atom stereocenters. The van der Waals surface area contributed by atoms with Gasteiger partial charge in [-0.2, -0.15) is 0 Å². The lowest BCUT2D eigenvalue weighted by atomic mass is 10.2. The highest BCUT2D eigenvalue weighted by molar-refractivity contribution is 5.90. The Hall–Kier alpha value is -2.49. The zero-order chi connectivity index (χ0) is 12.5. The number of hydrogen-bond acceptors (Lipinski definition) is 3. The third kappa shape index (κ3) is 1.68. The Morgan fingerprint density at radius 1 is 1.22 bits per heavy atom. The fourth-order valence-electron chi connectivity index (χ4n) is 2.01. The van der Waals surface area contributed by atoms with Crippen LogP contribution >= 0.6 is 0 Å². The molecule has 0 aliphatic heterocycles. The number of nitrogens with zero attached hydrogens (tertiary/aromatic N) is 1. The third-order valence-corrected chi connectivity index (χ3v) is 2.91. The number of aromatic amines is 1. The summed E-state index contributed by atoms with van der Waals surface area (Å²) in [5.74, 6) is 0.852. The van der Waals surface area contributed by atoms with Gasteiger partial charge in [0.25, 0.3) is 0 Å². The van der Waals surface area contributed by atoms with Crippen LogP contribution in [0.15, 0.2) is 42.6 Å². The van der Waals surface area contributed by atoms with Gasteiger partial charge in [0.2, 0.25) is 0 Å². The molecule has 90 valence electrons. The number of pyridine rings is 1. The van der Waals surface area contributed by atoms with Gasteiger partial charge in [0.05, 0.1) is 30.4 Å². The van der Waals surface area contributed by atoms with Crippen molar-refractivity contribution in [3.63, 3.8) is 0 Å². The maximum Gasteiger partial charge on any atom is 0.128 e. The molecule has 0 atom stereocenters. The molecular formula is C14H13N3O. The zero-order valence-corrected chi connectivity index (χ0v) is 9.97. The van der Waals surface area contributed by atoms with Gasteiger partial charge in [0.15, 0.2) is 0 Å². The molecule has 2 heterocycles. The summed E-state index contributed by atoms with van der Waals surface area (Å²) in [4.78, 5) is 7.62. The second kappa shape index (κ2) is 4.07. The van der Waals surface area contributed by atoms with Crippen LogP contribution in [-0.2, 0) is 0 Å². The van der Waals surface area contributed by atoms with Crippen molar-refractivity contribution in [3.05, 3.63) is 42.6 Å². The van der Waals surface area contributed by atoms with Crippen molar-refractivity contribution in [2.75, 3.05) is 12.8 Å². The molecule has 0 spiro atoms. The van der Waals surface area contributed by atoms with E-state index in [2.05, 4.69) is 9.97 Å². The van der Waals surface area contributed by atoms with E-state index >= 15 is 0 Å². The molecule has 0 radical (unpaired) electrons. The van der Waals surface area contributed by atoms with Crippen LogP contribution < -0.4 is 10.5 Å². The average Bonchev–Trinajstić information content (AvgIpc) is 2.83. The topological polar surface area (TPSA) is 63.9 Å². The van der Waals surface area contributed by atoms with E-state index < -0.39 is 0 Å². The number of nitrogens with one attached hydrogen (secondary N) is 1. The number of benzene rings is 1. The number of anilines is 1. The quantitative estimate of drug-likeness (QED) is 0.722. The van der Waals surface area contributed by atoms with Gasteiger partial charge in [-0.25, -0.2) is 0 Å². The minimum absolute atomic E-state index is 0.660. The number of aromatic nitrogens is 2. The van der Waals surface area contributed by atoms with Crippen LogP contribution in [0.2, 0.25) is 0 Å². The molecule has 0 aliphatic rings. The maximum atomic E-state index is 5.63. The van der Waals surface area contributed by atoms with Gasteiger partial charge in [-0.15, -0.1) is 0 Å². The molecule has 0 fully saturated rings. The molecule has 0 saturated heterocycles. The minimum Gasteiger partial charge on any atom is -0.496 e. The highest BCUT2D eigenvalue weighted by Crippen LogP contribution is 2.29. The van der Waals surface area contributed by atoms with E-state index in [9.17, 15) is 0 Å². The van der Waals surface area contributed by atoms with Crippen molar-refractivity contribution in [2.24, 2.45) is 0 Å². The van der Waals surface area contributed by atoms with Crippen LogP contribution in [0.5, 0.6) is 5.75 Å². The summed E-state index contributed by atoms with van der Waals surface area (Å²) >= 11 is 0. The number of H-pyrrole nitrogens is 1. The van der Waals surface area contributed by atoms with Crippen LogP contribution in [0.1, 0.15) is 0 Å². The maximum absolute atomic E-state index is 5.63. The van der Waals surface area contributed by atoms with E-state index in [4.69, 9.17) is 10.5 Å². The highest BCUT2D eigenvalue weighted by atomic mass is 16.5. The Bertz CT molecular complexity index is 686. The Labute approximate surface area is 104 Å². The van der Waals surface area contributed by atoms with Crippen LogP contribution in [0, 0.1) is 0 Å². The summed E-state index contributed by atoms with van der Waals surface area (Å²) < 4.78 is 5.34. The Morgan fingerprint density at radius 3 is 2.83 bits per heavy atom. The van der Waals surface area contributed by atoms with Crippen molar-refractivity contribution in [3.8, 4) is 17.1 Å². The lowest BCUT2D eigenvalue weighted by Gasteiger charge is -1.99. The van der Waals surface area contributed by atoms with Crippen LogP contribution in [0.25, 0.3) is 22.3 Å². The summed E-state index contributed by atoms with van der Waals surface area (Å²) in [5, 5.41) is 1.05. The number of hydrogen-bond donors (Lipinski definition) is 2. The van der Waals surface area contributed by atoms with Crippen LogP contribution in [0.3, 0.4) is 0 Å². The van der Waals surface area contributed by atoms with Gasteiger partial charge >= 0.3 is 0 Å². The summed E-state index contributed by atoms with van der Waals surface area (Å²) in [6.45, 7) is 0. The molecule has 0 saturated carbocycles. The molecule has 3 N–H and O–H groups in total. The van der Waals surface area contributed by atoms with E-state index in [0.717, 1.165) is 28.0 Å². The van der Waals surface area contributed by atoms with Crippen molar-refractivity contribution in [2.45, 2.75) is 0 Å². The van der Waals surface area contributed by atoms with Crippen molar-refractivity contribution >= 4 is 16.6 Å². The van der Waals surface area contributed by atoms with Gasteiger partial charge in [0, 0.05) is 10.9 Å². The largest absolute Gasteiger partial charge is 0.496 e. The Morgan fingerprint density at radius 2 is 2.11 bits per heavy atom. The van der Waals surface area contributed by atoms with E-state index in [-0.39, 0.29) is 0 Å². The Kier molecular flexibility index (Phi) is 2.41. The molecule has 4 nitrogen and oxygen atoms in total. The van der Waals surface area contributed by atoms with E-state index in [1.165, 1.54) is 0 Å². The first kappa shape index (κ1) is 10.7. The molecule has 0 bridgehead atoms. The normalized spacial score (nSPS) is 10.7. The molecule has 0 amide bonds. The van der Waals surface area contributed by atoms with E-state index in [1.54, 1.807) is 13.3 Å². The number of ether oxygens (including phenoxy) is 1. The first-order valence-electron chi connectivity index (χ1n) is 5.65.